The Hall–Kier alpha value is -4.89. The molecule has 4 aliphatic rings. The molecule has 10 nitrogen and oxygen atoms in total. The van der Waals surface area contributed by atoms with Crippen molar-refractivity contribution in [1.29, 1.82) is 0 Å². The molecule has 0 fully saturated rings. The third kappa shape index (κ3) is 9.96. The molecule has 7 N–H and O–H groups in total. The third-order valence-electron chi connectivity index (χ3n) is 8.85. The largest absolute Gasteiger partial charge is 0.490 e. The Balaban J connectivity index is 0.000000138. The van der Waals surface area contributed by atoms with Crippen molar-refractivity contribution in [2.24, 2.45) is 17.2 Å². The Labute approximate surface area is 305 Å². The predicted octanol–water partition coefficient (Wildman–Crippen LogP) is 6.24. The Bertz CT molecular complexity index is 1700. The van der Waals surface area contributed by atoms with Crippen LogP contribution >= 0.6 is 0 Å². The average Bonchev–Trinajstić information content (AvgIpc) is 3.15. The summed E-state index contributed by atoms with van der Waals surface area (Å²) in [7, 11) is 1.46. The van der Waals surface area contributed by atoms with Crippen molar-refractivity contribution in [2.75, 3.05) is 40.1 Å². The van der Waals surface area contributed by atoms with Crippen LogP contribution in [0.15, 0.2) is 72.8 Å². The molecule has 1 amide bonds. The summed E-state index contributed by atoms with van der Waals surface area (Å²) in [4.78, 5) is 11.4. The molecule has 0 saturated carbocycles. The van der Waals surface area contributed by atoms with E-state index >= 15 is 0 Å². The number of fused-ring (bicyclic) bond motifs is 4. The Morgan fingerprint density at radius 2 is 0.906 bits per heavy atom. The quantitative estimate of drug-likeness (QED) is 0.179. The molecule has 4 heterocycles. The molecule has 0 aliphatic carbocycles. The van der Waals surface area contributed by atoms with Crippen molar-refractivity contribution in [3.05, 3.63) is 118 Å². The highest BCUT2D eigenvalue weighted by Crippen LogP contribution is 2.35. The van der Waals surface area contributed by atoms with Crippen LogP contribution in [0.1, 0.15) is 72.1 Å². The van der Waals surface area contributed by atoms with Crippen molar-refractivity contribution in [3.8, 4) is 23.0 Å². The molecule has 4 atom stereocenters. The summed E-state index contributed by atoms with van der Waals surface area (Å²) in [5.74, 6) is -0.332. The molecule has 0 aromatic heterocycles. The number of rotatable bonds is 3. The summed E-state index contributed by atoms with van der Waals surface area (Å²) in [5.41, 5.74) is 20.3. The minimum atomic E-state index is -0.395. The van der Waals surface area contributed by atoms with Crippen LogP contribution in [0.5, 0.6) is 23.0 Å². The fraction of sp³-hybridized carbons (Fsp3) is 0.359. The summed E-state index contributed by atoms with van der Waals surface area (Å²) in [6.07, 6.45) is 2.91. The van der Waals surface area contributed by atoms with Crippen molar-refractivity contribution in [2.45, 2.75) is 49.9 Å². The maximum atomic E-state index is 13.5. The molecule has 0 saturated heterocycles. The van der Waals surface area contributed by atoms with Gasteiger partial charge in [-0.1, -0.05) is 48.5 Å². The second-order valence-corrected chi connectivity index (χ2v) is 12.6. The van der Waals surface area contributed by atoms with Gasteiger partial charge in [-0.05, 0) is 24.3 Å². The van der Waals surface area contributed by atoms with Gasteiger partial charge >= 0.3 is 0 Å². The van der Waals surface area contributed by atoms with Crippen LogP contribution in [-0.4, -0.2) is 46.1 Å². The molecule has 0 radical (unpaired) electrons. The lowest BCUT2D eigenvalue weighted by atomic mass is 10.0. The third-order valence-corrected chi connectivity index (χ3v) is 8.85. The number of nitrogens with two attached hydrogens (primary N) is 3. The number of carbonyl (C=O) groups is 1. The van der Waals surface area contributed by atoms with E-state index in [9.17, 15) is 22.4 Å². The normalized spacial score (nSPS) is 20.3. The first-order valence-electron chi connectivity index (χ1n) is 17.3. The van der Waals surface area contributed by atoms with E-state index in [-0.39, 0.29) is 59.9 Å². The number of hydrogen-bond acceptors (Lipinski definition) is 9. The van der Waals surface area contributed by atoms with E-state index in [4.69, 9.17) is 40.9 Å². The van der Waals surface area contributed by atoms with E-state index in [1.807, 2.05) is 18.2 Å². The van der Waals surface area contributed by atoms with Crippen LogP contribution in [0.3, 0.4) is 0 Å². The first kappa shape index (κ1) is 39.3. The molecule has 284 valence electrons. The van der Waals surface area contributed by atoms with Gasteiger partial charge in [-0.15, -0.1) is 0 Å². The van der Waals surface area contributed by atoms with Crippen molar-refractivity contribution in [1.82, 2.24) is 5.32 Å². The fourth-order valence-corrected chi connectivity index (χ4v) is 6.14. The van der Waals surface area contributed by atoms with Gasteiger partial charge in [0.1, 0.15) is 6.61 Å². The maximum Gasteiger partial charge on any atom is 0.246 e. The molecule has 4 aliphatic heterocycles. The molecule has 53 heavy (non-hydrogen) atoms. The van der Waals surface area contributed by atoms with Crippen molar-refractivity contribution >= 4 is 5.91 Å². The van der Waals surface area contributed by atoms with Crippen LogP contribution in [0.2, 0.25) is 0 Å². The highest BCUT2D eigenvalue weighted by Gasteiger charge is 2.26. The summed E-state index contributed by atoms with van der Waals surface area (Å²) >= 11 is 0. The van der Waals surface area contributed by atoms with Gasteiger partial charge in [0, 0.05) is 73.2 Å². The SMILES string of the molecule is COCC(=O)NC1CCOc2c(F)cccc21.NC1CCOc2c(F)cccc21.NC1CCOc2c(F)cccc21.NC1CCOc2c(F)cccc21. The molecule has 0 spiro atoms. The van der Waals surface area contributed by atoms with Crippen LogP contribution < -0.4 is 41.5 Å². The van der Waals surface area contributed by atoms with Crippen LogP contribution in [0.4, 0.5) is 17.6 Å². The standard InChI is InChI=1S/C12H14FNO3.3C9H10FNO/c1-16-7-11(15)14-10-5-6-17-12-8(10)3-2-4-9(12)13;3*10-7-3-1-2-6-8(11)4-5-12-9(6)7/h2-4,10H,5-7H2,1H3,(H,14,15);3*1-3,8H,4-5,11H2. The Morgan fingerprint density at radius 3 is 1.25 bits per heavy atom. The first-order valence-corrected chi connectivity index (χ1v) is 17.3. The number of para-hydroxylation sites is 4. The first-order chi connectivity index (χ1) is 25.6. The fourth-order valence-electron chi connectivity index (χ4n) is 6.14. The van der Waals surface area contributed by atoms with Gasteiger partial charge in [-0.25, -0.2) is 17.6 Å². The van der Waals surface area contributed by atoms with Gasteiger partial charge in [0.2, 0.25) is 5.91 Å². The van der Waals surface area contributed by atoms with E-state index in [1.54, 1.807) is 30.3 Å². The zero-order chi connectivity index (χ0) is 37.9. The lowest BCUT2D eigenvalue weighted by Gasteiger charge is -2.26. The van der Waals surface area contributed by atoms with E-state index in [1.165, 1.54) is 31.4 Å². The molecule has 0 bridgehead atoms. The number of amides is 1. The monoisotopic (exact) mass is 740 g/mol. The van der Waals surface area contributed by atoms with Gasteiger partial charge in [0.05, 0.1) is 32.5 Å². The van der Waals surface area contributed by atoms with E-state index in [0.29, 0.717) is 55.7 Å². The Morgan fingerprint density at radius 1 is 0.585 bits per heavy atom. The van der Waals surface area contributed by atoms with E-state index in [0.717, 1.165) is 36.0 Å². The van der Waals surface area contributed by atoms with Gasteiger partial charge < -0.3 is 46.2 Å². The molecule has 4 aromatic carbocycles. The van der Waals surface area contributed by atoms with E-state index < -0.39 is 5.82 Å². The highest BCUT2D eigenvalue weighted by molar-refractivity contribution is 5.77. The topological polar surface area (TPSA) is 153 Å². The average molecular weight is 741 g/mol. The van der Waals surface area contributed by atoms with Crippen LogP contribution in [-0.2, 0) is 9.53 Å². The minimum Gasteiger partial charge on any atom is -0.490 e. The number of benzene rings is 4. The number of nitrogens with one attached hydrogen (secondary N) is 1. The summed E-state index contributed by atoms with van der Waals surface area (Å²) in [6, 6.07) is 18.8. The van der Waals surface area contributed by atoms with Crippen molar-refractivity contribution in [3.63, 3.8) is 0 Å². The Kier molecular flexibility index (Phi) is 13.9. The number of hydrogen-bond donors (Lipinski definition) is 4. The zero-order valence-electron chi connectivity index (χ0n) is 29.3. The van der Waals surface area contributed by atoms with E-state index in [2.05, 4.69) is 5.32 Å². The second-order valence-electron chi connectivity index (χ2n) is 12.6. The van der Waals surface area contributed by atoms with Crippen LogP contribution in [0.25, 0.3) is 0 Å². The summed E-state index contributed by atoms with van der Waals surface area (Å²) in [5, 5.41) is 2.79. The van der Waals surface area contributed by atoms with Crippen molar-refractivity contribution < 1.29 is 46.0 Å². The van der Waals surface area contributed by atoms with Gasteiger partial charge in [0.15, 0.2) is 46.3 Å². The molecular weight excluding hydrogens is 696 g/mol. The second kappa shape index (κ2) is 18.7. The zero-order valence-corrected chi connectivity index (χ0v) is 29.3. The lowest BCUT2D eigenvalue weighted by molar-refractivity contribution is -0.125. The summed E-state index contributed by atoms with van der Waals surface area (Å²) in [6.45, 7) is 1.92. The molecular formula is C39H44F4N4O6. The minimum absolute atomic E-state index is 0.00199. The molecule has 4 unspecified atom stereocenters. The van der Waals surface area contributed by atoms with Gasteiger partial charge in [-0.2, -0.15) is 0 Å². The lowest BCUT2D eigenvalue weighted by Crippen LogP contribution is -2.34. The number of ether oxygens (including phenoxy) is 5. The van der Waals surface area contributed by atoms with Gasteiger partial charge in [-0.3, -0.25) is 4.79 Å². The molecule has 14 heteroatoms. The van der Waals surface area contributed by atoms with Gasteiger partial charge in [0.25, 0.3) is 0 Å². The highest BCUT2D eigenvalue weighted by atomic mass is 19.1. The number of carbonyl (C=O) groups excluding carboxylic acids is 1. The number of methoxy groups -OCH3 is 1. The summed E-state index contributed by atoms with van der Waals surface area (Å²) < 4.78 is 78.2. The number of halogens is 4. The molecule has 8 rings (SSSR count). The van der Waals surface area contributed by atoms with Crippen LogP contribution in [0, 0.1) is 23.3 Å². The maximum absolute atomic E-state index is 13.5. The smallest absolute Gasteiger partial charge is 0.246 e. The molecule has 4 aromatic rings. The predicted molar refractivity (Wildman–Crippen MR) is 190 cm³/mol.